The van der Waals surface area contributed by atoms with Crippen LogP contribution in [0.2, 0.25) is 0 Å². The summed E-state index contributed by atoms with van der Waals surface area (Å²) in [5.74, 6) is 0. The predicted molar refractivity (Wildman–Crippen MR) is 95.0 cm³/mol. The van der Waals surface area contributed by atoms with Gasteiger partial charge in [0.15, 0.2) is 0 Å². The first-order valence-corrected chi connectivity index (χ1v) is 8.61. The molecule has 0 bridgehead atoms. The van der Waals surface area contributed by atoms with E-state index in [0.29, 0.717) is 37.3 Å². The molecule has 0 aliphatic carbocycles. The van der Waals surface area contributed by atoms with Gasteiger partial charge in [-0.3, -0.25) is 0 Å². The lowest BCUT2D eigenvalue weighted by Gasteiger charge is -2.34. The van der Waals surface area contributed by atoms with Crippen LogP contribution in [0.25, 0.3) is 0 Å². The molecule has 2 aromatic rings. The van der Waals surface area contributed by atoms with E-state index in [1.807, 2.05) is 4.90 Å². The number of nitrogens with zero attached hydrogens (tertiary/aromatic N) is 1. The number of benzene rings is 2. The van der Waals surface area contributed by atoms with Crippen LogP contribution >= 0.6 is 0 Å². The fourth-order valence-corrected chi connectivity index (χ4v) is 3.14. The highest BCUT2D eigenvalue weighted by Crippen LogP contribution is 2.34. The van der Waals surface area contributed by atoms with E-state index < -0.39 is 23.5 Å². The van der Waals surface area contributed by atoms with Gasteiger partial charge in [0.2, 0.25) is 0 Å². The van der Waals surface area contributed by atoms with Crippen LogP contribution in [0.3, 0.4) is 0 Å². The van der Waals surface area contributed by atoms with E-state index in [4.69, 9.17) is 5.73 Å². The molecule has 151 valence electrons. The van der Waals surface area contributed by atoms with Crippen molar-refractivity contribution in [2.75, 3.05) is 29.0 Å². The first-order chi connectivity index (χ1) is 13.0. The molecular weight excluding hydrogens is 384 g/mol. The van der Waals surface area contributed by atoms with Crippen LogP contribution < -0.4 is 16.0 Å². The van der Waals surface area contributed by atoms with Crippen molar-refractivity contribution in [1.82, 2.24) is 0 Å². The third-order valence-corrected chi connectivity index (χ3v) is 4.70. The van der Waals surface area contributed by atoms with E-state index in [1.54, 1.807) is 0 Å². The number of nitrogens with two attached hydrogens (primary N) is 1. The van der Waals surface area contributed by atoms with Gasteiger partial charge in [0.25, 0.3) is 0 Å². The van der Waals surface area contributed by atoms with Crippen LogP contribution in [0.1, 0.15) is 24.0 Å². The second-order valence-electron chi connectivity index (χ2n) is 6.67. The second kappa shape index (κ2) is 7.44. The zero-order valence-electron chi connectivity index (χ0n) is 14.7. The molecule has 1 fully saturated rings. The Morgan fingerprint density at radius 2 is 1.54 bits per heavy atom. The summed E-state index contributed by atoms with van der Waals surface area (Å²) in [5.41, 5.74) is 5.23. The van der Waals surface area contributed by atoms with Gasteiger partial charge in [0.1, 0.15) is 0 Å². The molecule has 9 heteroatoms. The molecule has 1 aliphatic rings. The normalized spacial score (nSPS) is 16.3. The molecule has 0 spiro atoms. The first-order valence-electron chi connectivity index (χ1n) is 8.61. The van der Waals surface area contributed by atoms with Crippen LogP contribution in [0, 0.1) is 6.07 Å². The molecule has 1 heterocycles. The number of halogens is 6. The maximum Gasteiger partial charge on any atom is 0.416 e. The molecule has 3 nitrogen and oxygen atoms in total. The predicted octanol–water partition coefficient (Wildman–Crippen LogP) is 5.19. The minimum absolute atomic E-state index is 0.00438. The van der Waals surface area contributed by atoms with Crippen LogP contribution in [0.4, 0.5) is 43.4 Å². The third kappa shape index (κ3) is 4.63. The molecular formula is C19H18F6N3. The lowest BCUT2D eigenvalue weighted by Crippen LogP contribution is -2.39. The molecule has 0 saturated carbocycles. The number of anilines is 3. The van der Waals surface area contributed by atoms with Gasteiger partial charge in [-0.15, -0.1) is 0 Å². The Hall–Kier alpha value is -2.58. The van der Waals surface area contributed by atoms with Gasteiger partial charge in [-0.25, -0.2) is 0 Å². The Balaban J connectivity index is 1.59. The maximum absolute atomic E-state index is 12.7. The summed E-state index contributed by atoms with van der Waals surface area (Å²) in [4.78, 5) is 1.93. The lowest BCUT2D eigenvalue weighted by molar-refractivity contribution is -0.138. The fraction of sp³-hybridized carbons (Fsp3) is 0.368. The Labute approximate surface area is 158 Å². The zero-order valence-corrected chi connectivity index (χ0v) is 14.7. The minimum Gasteiger partial charge on any atom is -0.397 e. The molecule has 0 atom stereocenters. The smallest absolute Gasteiger partial charge is 0.397 e. The average Bonchev–Trinajstić information content (AvgIpc) is 2.62. The molecule has 3 N–H and O–H groups in total. The Kier molecular flexibility index (Phi) is 5.36. The van der Waals surface area contributed by atoms with Crippen LogP contribution in [-0.2, 0) is 12.4 Å². The van der Waals surface area contributed by atoms with Crippen molar-refractivity contribution in [2.24, 2.45) is 0 Å². The van der Waals surface area contributed by atoms with Crippen molar-refractivity contribution in [1.29, 1.82) is 0 Å². The van der Waals surface area contributed by atoms with Gasteiger partial charge in [-0.1, -0.05) is 0 Å². The second-order valence-corrected chi connectivity index (χ2v) is 6.67. The summed E-state index contributed by atoms with van der Waals surface area (Å²) >= 11 is 0. The SMILES string of the molecule is Nc1cc(C(F)(F)F)ccc1NC1CCN(c2[c]cc(C(F)(F)F)cc2)CC1. The van der Waals surface area contributed by atoms with Crippen LogP contribution in [-0.4, -0.2) is 19.1 Å². The minimum atomic E-state index is -4.45. The third-order valence-electron chi connectivity index (χ3n) is 4.70. The van der Waals surface area contributed by atoms with E-state index >= 15 is 0 Å². The van der Waals surface area contributed by atoms with Gasteiger partial charge in [0, 0.05) is 30.9 Å². The first kappa shape index (κ1) is 20.2. The molecule has 0 unspecified atom stereocenters. The quantitative estimate of drug-likeness (QED) is 0.549. The number of alkyl halides is 6. The summed E-state index contributed by atoms with van der Waals surface area (Å²) in [6.07, 6.45) is -7.52. The summed E-state index contributed by atoms with van der Waals surface area (Å²) in [6.45, 7) is 1.17. The molecule has 28 heavy (non-hydrogen) atoms. The van der Waals surface area contributed by atoms with Crippen molar-refractivity contribution >= 4 is 17.1 Å². The molecule has 0 aromatic heterocycles. The highest BCUT2D eigenvalue weighted by Gasteiger charge is 2.32. The summed E-state index contributed by atoms with van der Waals surface area (Å²) < 4.78 is 76.0. The number of nitrogen functional groups attached to an aromatic ring is 1. The highest BCUT2D eigenvalue weighted by atomic mass is 19.4. The summed E-state index contributed by atoms with van der Waals surface area (Å²) in [5, 5.41) is 3.15. The number of hydrogen-bond acceptors (Lipinski definition) is 3. The molecule has 1 radical (unpaired) electrons. The van der Waals surface area contributed by atoms with Gasteiger partial charge in [-0.05, 0) is 49.2 Å². The van der Waals surface area contributed by atoms with Gasteiger partial charge >= 0.3 is 12.4 Å². The van der Waals surface area contributed by atoms with E-state index in [1.165, 1.54) is 12.1 Å². The van der Waals surface area contributed by atoms with Crippen molar-refractivity contribution in [3.63, 3.8) is 0 Å². The molecule has 3 rings (SSSR count). The fourth-order valence-electron chi connectivity index (χ4n) is 3.14. The Bertz CT molecular complexity index is 806. The standard InChI is InChI=1S/C19H18F6N3/c20-18(21,22)12-1-4-15(5-2-12)28-9-7-14(8-10-28)27-17-6-3-13(11-16(17)26)19(23,24)25/h1-4,6,11,14,27H,7-10,26H2. The number of hydrogen-bond donors (Lipinski definition) is 2. The van der Waals surface area contributed by atoms with E-state index in [9.17, 15) is 26.3 Å². The summed E-state index contributed by atoms with van der Waals surface area (Å²) in [6, 6.07) is 9.21. The molecule has 1 aliphatic heterocycles. The van der Waals surface area contributed by atoms with Gasteiger partial charge in [0.05, 0.1) is 22.5 Å². The molecule has 2 aromatic carbocycles. The number of nitrogens with one attached hydrogen (secondary N) is 1. The van der Waals surface area contributed by atoms with Crippen molar-refractivity contribution in [3.8, 4) is 0 Å². The van der Waals surface area contributed by atoms with Gasteiger partial charge in [-0.2, -0.15) is 26.3 Å². The Morgan fingerprint density at radius 1 is 0.929 bits per heavy atom. The van der Waals surface area contributed by atoms with E-state index in [2.05, 4.69) is 11.4 Å². The number of rotatable bonds is 3. The van der Waals surface area contributed by atoms with Crippen LogP contribution in [0.5, 0.6) is 0 Å². The Morgan fingerprint density at radius 3 is 2.04 bits per heavy atom. The maximum atomic E-state index is 12.7. The lowest BCUT2D eigenvalue weighted by atomic mass is 10.0. The van der Waals surface area contributed by atoms with Crippen molar-refractivity contribution < 1.29 is 26.3 Å². The highest BCUT2D eigenvalue weighted by molar-refractivity contribution is 5.67. The van der Waals surface area contributed by atoms with Crippen molar-refractivity contribution in [3.05, 3.63) is 53.6 Å². The van der Waals surface area contributed by atoms with E-state index in [0.717, 1.165) is 24.3 Å². The molecule has 1 saturated heterocycles. The van der Waals surface area contributed by atoms with E-state index in [-0.39, 0.29) is 11.7 Å². The molecule has 0 amide bonds. The topological polar surface area (TPSA) is 41.3 Å². The largest absolute Gasteiger partial charge is 0.416 e. The van der Waals surface area contributed by atoms with Crippen molar-refractivity contribution in [2.45, 2.75) is 31.2 Å². The zero-order chi connectivity index (χ0) is 20.5. The van der Waals surface area contributed by atoms with Gasteiger partial charge < -0.3 is 16.0 Å². The monoisotopic (exact) mass is 402 g/mol. The number of piperidine rings is 1. The van der Waals surface area contributed by atoms with Crippen LogP contribution in [0.15, 0.2) is 36.4 Å². The summed E-state index contributed by atoms with van der Waals surface area (Å²) in [7, 11) is 0. The average molecular weight is 402 g/mol.